The highest BCUT2D eigenvalue weighted by atomic mass is 127. The highest BCUT2D eigenvalue weighted by Crippen LogP contribution is 2.38. The maximum Gasteiger partial charge on any atom is 0.344 e. The Labute approximate surface area is 229 Å². The first-order valence-electron chi connectivity index (χ1n) is 10.9. The predicted octanol–water partition coefficient (Wildman–Crippen LogP) is 3.65. The molecule has 0 radical (unpaired) electrons. The van der Waals surface area contributed by atoms with Gasteiger partial charge in [0, 0.05) is 11.8 Å². The van der Waals surface area contributed by atoms with Crippen LogP contribution in [0.4, 0.5) is 10.5 Å². The Balaban J connectivity index is 1.44. The van der Waals surface area contributed by atoms with Gasteiger partial charge in [0.15, 0.2) is 29.6 Å². The van der Waals surface area contributed by atoms with Crippen molar-refractivity contribution >= 4 is 69.1 Å². The number of hydrogen-bond acceptors (Lipinski definition) is 10. The first-order chi connectivity index (χ1) is 17.8. The van der Waals surface area contributed by atoms with E-state index in [9.17, 15) is 19.2 Å². The van der Waals surface area contributed by atoms with E-state index in [0.29, 0.717) is 37.8 Å². The van der Waals surface area contributed by atoms with E-state index in [1.807, 2.05) is 22.6 Å². The molecule has 0 atom stereocenters. The summed E-state index contributed by atoms with van der Waals surface area (Å²) in [4.78, 5) is 50.6. The van der Waals surface area contributed by atoms with Crippen LogP contribution in [0.5, 0.6) is 23.0 Å². The van der Waals surface area contributed by atoms with E-state index >= 15 is 0 Å². The van der Waals surface area contributed by atoms with E-state index in [-0.39, 0.29) is 24.9 Å². The summed E-state index contributed by atoms with van der Waals surface area (Å²) < 4.78 is 26.9. The molecule has 0 aromatic heterocycles. The van der Waals surface area contributed by atoms with E-state index < -0.39 is 29.6 Å². The number of anilines is 1. The first-order valence-corrected chi connectivity index (χ1v) is 12.8. The zero-order valence-corrected chi connectivity index (χ0v) is 22.7. The van der Waals surface area contributed by atoms with Crippen LogP contribution in [0.25, 0.3) is 6.08 Å². The second-order valence-electron chi connectivity index (χ2n) is 7.51. The molecule has 1 N–H and O–H groups in total. The first kappa shape index (κ1) is 26.6. The summed E-state index contributed by atoms with van der Waals surface area (Å²) in [7, 11) is 1.44. The minimum absolute atomic E-state index is 0.101. The summed E-state index contributed by atoms with van der Waals surface area (Å²) in [5.41, 5.74) is 1.02. The van der Waals surface area contributed by atoms with Gasteiger partial charge in [0.2, 0.25) is 12.7 Å². The molecule has 0 aliphatic carbocycles. The molecule has 2 aliphatic rings. The molecule has 0 spiro atoms. The SMILES string of the molecule is CCOC(=O)COc1c(I)cc(/C=C2/SC(=O)N(CC(=O)Nc3ccc4c(c3)OCO4)C2=O)cc1OC. The van der Waals surface area contributed by atoms with E-state index in [2.05, 4.69) is 5.32 Å². The van der Waals surface area contributed by atoms with Crippen molar-refractivity contribution in [3.63, 3.8) is 0 Å². The second-order valence-corrected chi connectivity index (χ2v) is 9.67. The van der Waals surface area contributed by atoms with Gasteiger partial charge in [-0.2, -0.15) is 0 Å². The largest absolute Gasteiger partial charge is 0.493 e. The Morgan fingerprint density at radius 2 is 1.97 bits per heavy atom. The molecule has 11 nitrogen and oxygen atoms in total. The summed E-state index contributed by atoms with van der Waals surface area (Å²) in [5.74, 6) is 0.106. The van der Waals surface area contributed by atoms with Gasteiger partial charge in [-0.15, -0.1) is 0 Å². The normalized spacial score (nSPS) is 15.2. The Morgan fingerprint density at radius 3 is 2.73 bits per heavy atom. The van der Waals surface area contributed by atoms with Crippen LogP contribution in [-0.4, -0.2) is 61.6 Å². The number of methoxy groups -OCH3 is 1. The van der Waals surface area contributed by atoms with Crippen molar-refractivity contribution in [2.45, 2.75) is 6.92 Å². The lowest BCUT2D eigenvalue weighted by Gasteiger charge is -2.13. The van der Waals surface area contributed by atoms with Crippen LogP contribution >= 0.6 is 34.4 Å². The number of benzene rings is 2. The van der Waals surface area contributed by atoms with Gasteiger partial charge in [-0.3, -0.25) is 19.3 Å². The van der Waals surface area contributed by atoms with Crippen LogP contribution in [0.3, 0.4) is 0 Å². The molecule has 0 saturated carbocycles. The van der Waals surface area contributed by atoms with Crippen LogP contribution in [0.15, 0.2) is 35.2 Å². The molecule has 1 saturated heterocycles. The van der Waals surface area contributed by atoms with Gasteiger partial charge in [-0.05, 0) is 77.2 Å². The molecule has 0 unspecified atom stereocenters. The lowest BCUT2D eigenvalue weighted by Crippen LogP contribution is -2.36. The highest BCUT2D eigenvalue weighted by Gasteiger charge is 2.36. The Morgan fingerprint density at radius 1 is 1.19 bits per heavy atom. The number of imide groups is 1. The topological polar surface area (TPSA) is 130 Å². The van der Waals surface area contributed by atoms with Crippen molar-refractivity contribution in [2.24, 2.45) is 0 Å². The fraction of sp³-hybridized carbons (Fsp3) is 0.250. The number of thioether (sulfide) groups is 1. The van der Waals surface area contributed by atoms with Crippen LogP contribution in [0.2, 0.25) is 0 Å². The lowest BCUT2D eigenvalue weighted by atomic mass is 10.2. The van der Waals surface area contributed by atoms with E-state index in [1.54, 1.807) is 37.3 Å². The van der Waals surface area contributed by atoms with E-state index in [1.165, 1.54) is 13.2 Å². The van der Waals surface area contributed by atoms with Crippen LogP contribution < -0.4 is 24.3 Å². The zero-order chi connectivity index (χ0) is 26.5. The number of halogens is 1. The number of nitrogens with zero attached hydrogens (tertiary/aromatic N) is 1. The Kier molecular flexibility index (Phi) is 8.43. The number of amides is 3. The van der Waals surface area contributed by atoms with Gasteiger partial charge in [-0.1, -0.05) is 0 Å². The van der Waals surface area contributed by atoms with Gasteiger partial charge in [-0.25, -0.2) is 4.79 Å². The van der Waals surface area contributed by atoms with Crippen LogP contribution in [0.1, 0.15) is 12.5 Å². The maximum absolute atomic E-state index is 12.9. The zero-order valence-electron chi connectivity index (χ0n) is 19.7. The van der Waals surface area contributed by atoms with Crippen molar-refractivity contribution in [2.75, 3.05) is 39.0 Å². The van der Waals surface area contributed by atoms with Crippen molar-refractivity contribution < 1.29 is 42.9 Å². The maximum atomic E-state index is 12.9. The fourth-order valence-electron chi connectivity index (χ4n) is 3.40. The quantitative estimate of drug-likeness (QED) is 0.247. The number of nitrogens with one attached hydrogen (secondary N) is 1. The molecule has 3 amide bonds. The minimum atomic E-state index is -0.590. The number of carbonyl (C=O) groups excluding carboxylic acids is 4. The van der Waals surface area contributed by atoms with Crippen molar-refractivity contribution in [1.29, 1.82) is 0 Å². The summed E-state index contributed by atoms with van der Waals surface area (Å²) >= 11 is 2.75. The van der Waals surface area contributed by atoms with E-state index in [4.69, 9.17) is 23.7 Å². The standard InChI is InChI=1S/C24H21IN2O9S/c1-3-33-21(29)11-34-22-15(25)6-13(7-18(22)32-2)8-19-23(30)27(24(31)37-19)10-20(28)26-14-4-5-16-17(9-14)36-12-35-16/h4-9H,3,10-12H2,1-2H3,(H,26,28)/b19-8+. The molecular weight excluding hydrogens is 619 g/mol. The molecule has 37 heavy (non-hydrogen) atoms. The molecule has 13 heteroatoms. The van der Waals surface area contributed by atoms with Gasteiger partial charge < -0.3 is 29.0 Å². The third-order valence-corrected chi connectivity index (χ3v) is 6.73. The van der Waals surface area contributed by atoms with Crippen molar-refractivity contribution in [3.05, 3.63) is 44.4 Å². The Bertz CT molecular complexity index is 1300. The second kappa shape index (κ2) is 11.7. The third-order valence-electron chi connectivity index (χ3n) is 5.02. The predicted molar refractivity (Wildman–Crippen MR) is 142 cm³/mol. The van der Waals surface area contributed by atoms with E-state index in [0.717, 1.165) is 16.7 Å². The van der Waals surface area contributed by atoms with Crippen LogP contribution in [-0.2, 0) is 19.1 Å². The summed E-state index contributed by atoms with van der Waals surface area (Å²) in [6.07, 6.45) is 1.53. The number of hydrogen-bond donors (Lipinski definition) is 1. The fourth-order valence-corrected chi connectivity index (χ4v) is 5.02. The molecule has 2 heterocycles. The number of esters is 1. The molecule has 194 valence electrons. The highest BCUT2D eigenvalue weighted by molar-refractivity contribution is 14.1. The third kappa shape index (κ3) is 6.28. The molecule has 0 bridgehead atoms. The van der Waals surface area contributed by atoms with Gasteiger partial charge in [0.25, 0.3) is 11.1 Å². The molecule has 2 aliphatic heterocycles. The molecular formula is C24H21IN2O9S. The average molecular weight is 640 g/mol. The van der Waals surface area contributed by atoms with Gasteiger partial charge >= 0.3 is 5.97 Å². The Hall–Kier alpha value is -3.46. The van der Waals surface area contributed by atoms with Gasteiger partial charge in [0.1, 0.15) is 6.54 Å². The number of ether oxygens (including phenoxy) is 5. The molecule has 2 aromatic carbocycles. The van der Waals surface area contributed by atoms with Gasteiger partial charge in [0.05, 0.1) is 22.2 Å². The molecule has 4 rings (SSSR count). The summed E-state index contributed by atoms with van der Waals surface area (Å²) in [5, 5.41) is 2.09. The number of carbonyl (C=O) groups is 4. The van der Waals surface area contributed by atoms with Crippen molar-refractivity contribution in [3.8, 4) is 23.0 Å². The van der Waals surface area contributed by atoms with Crippen LogP contribution in [0, 0.1) is 3.57 Å². The summed E-state index contributed by atoms with van der Waals surface area (Å²) in [6, 6.07) is 8.22. The molecule has 2 aromatic rings. The monoisotopic (exact) mass is 640 g/mol. The summed E-state index contributed by atoms with van der Waals surface area (Å²) in [6.45, 7) is 1.31. The number of rotatable bonds is 9. The minimum Gasteiger partial charge on any atom is -0.493 e. The smallest absolute Gasteiger partial charge is 0.344 e. The average Bonchev–Trinajstić information content (AvgIpc) is 3.42. The lowest BCUT2D eigenvalue weighted by molar-refractivity contribution is -0.145. The number of fused-ring (bicyclic) bond motifs is 1. The van der Waals surface area contributed by atoms with Crippen molar-refractivity contribution in [1.82, 2.24) is 4.90 Å². The molecule has 1 fully saturated rings.